The lowest BCUT2D eigenvalue weighted by Gasteiger charge is -2.31. The van der Waals surface area contributed by atoms with Crippen molar-refractivity contribution >= 4 is 11.9 Å². The van der Waals surface area contributed by atoms with Gasteiger partial charge in [0.2, 0.25) is 11.9 Å². The number of hydrogen-bond donors (Lipinski definition) is 1. The molecule has 1 saturated carbocycles. The summed E-state index contributed by atoms with van der Waals surface area (Å²) in [5, 5.41) is 2.95. The molecule has 20 heavy (non-hydrogen) atoms. The van der Waals surface area contributed by atoms with E-state index in [0.29, 0.717) is 23.8 Å². The molecule has 0 spiro atoms. The zero-order valence-corrected chi connectivity index (χ0v) is 13.1. The summed E-state index contributed by atoms with van der Waals surface area (Å²) in [4.78, 5) is 14.8. The van der Waals surface area contributed by atoms with Crippen molar-refractivity contribution in [2.24, 2.45) is 11.8 Å². The standard InChI is InChI=1S/C14H25N5O/c1-9-6-7-11(8-10(9)2)20-14-17-12(15-3)16-13(18-14)19(4)5/h9-11H,6-8H2,1-5H3,(H,15,16,17,18). The van der Waals surface area contributed by atoms with Crippen molar-refractivity contribution in [3.05, 3.63) is 0 Å². The fourth-order valence-electron chi connectivity index (χ4n) is 2.46. The molecule has 0 aromatic carbocycles. The number of nitrogens with one attached hydrogen (secondary N) is 1. The van der Waals surface area contributed by atoms with Gasteiger partial charge in [-0.3, -0.25) is 0 Å². The van der Waals surface area contributed by atoms with Crippen LogP contribution in [0.5, 0.6) is 6.01 Å². The van der Waals surface area contributed by atoms with Crippen LogP contribution in [0.1, 0.15) is 33.1 Å². The highest BCUT2D eigenvalue weighted by Gasteiger charge is 2.26. The molecule has 0 saturated heterocycles. The van der Waals surface area contributed by atoms with Crippen molar-refractivity contribution in [2.75, 3.05) is 31.4 Å². The van der Waals surface area contributed by atoms with Crippen LogP contribution >= 0.6 is 0 Å². The molecule has 112 valence electrons. The lowest BCUT2D eigenvalue weighted by molar-refractivity contribution is 0.0919. The highest BCUT2D eigenvalue weighted by Crippen LogP contribution is 2.31. The molecule has 1 aromatic heterocycles. The summed E-state index contributed by atoms with van der Waals surface area (Å²) in [6, 6.07) is 0.416. The maximum atomic E-state index is 5.98. The van der Waals surface area contributed by atoms with Crippen LogP contribution < -0.4 is 15.0 Å². The molecule has 1 N–H and O–H groups in total. The third kappa shape index (κ3) is 3.49. The summed E-state index contributed by atoms with van der Waals surface area (Å²) in [5.74, 6) is 2.61. The number of hydrogen-bond acceptors (Lipinski definition) is 6. The Bertz CT molecular complexity index is 451. The first kappa shape index (κ1) is 14.8. The van der Waals surface area contributed by atoms with E-state index in [4.69, 9.17) is 4.74 Å². The Balaban J connectivity index is 2.10. The Hall–Kier alpha value is -1.59. The highest BCUT2D eigenvalue weighted by atomic mass is 16.5. The zero-order valence-electron chi connectivity index (χ0n) is 13.1. The van der Waals surface area contributed by atoms with Crippen molar-refractivity contribution in [3.63, 3.8) is 0 Å². The maximum absolute atomic E-state index is 5.98. The minimum atomic E-state index is 0.211. The molecule has 1 aromatic rings. The lowest BCUT2D eigenvalue weighted by Crippen LogP contribution is -2.29. The summed E-state index contributed by atoms with van der Waals surface area (Å²) < 4.78 is 5.98. The maximum Gasteiger partial charge on any atom is 0.323 e. The second-order valence-corrected chi connectivity index (χ2v) is 5.89. The second kappa shape index (κ2) is 6.24. The molecule has 6 nitrogen and oxygen atoms in total. The van der Waals surface area contributed by atoms with Crippen LogP contribution in [0.3, 0.4) is 0 Å². The molecule has 0 bridgehead atoms. The fourth-order valence-corrected chi connectivity index (χ4v) is 2.46. The van der Waals surface area contributed by atoms with Crippen LogP contribution in [0.4, 0.5) is 11.9 Å². The summed E-state index contributed by atoms with van der Waals surface area (Å²) in [6.45, 7) is 4.60. The van der Waals surface area contributed by atoms with E-state index in [9.17, 15) is 0 Å². The third-order valence-corrected chi connectivity index (χ3v) is 4.05. The summed E-state index contributed by atoms with van der Waals surface area (Å²) >= 11 is 0. The van der Waals surface area contributed by atoms with Crippen LogP contribution in [-0.2, 0) is 0 Å². The van der Waals surface area contributed by atoms with E-state index in [0.717, 1.165) is 18.8 Å². The van der Waals surface area contributed by atoms with Gasteiger partial charge in [-0.15, -0.1) is 0 Å². The number of rotatable bonds is 4. The molecule has 1 fully saturated rings. The van der Waals surface area contributed by atoms with E-state index in [1.807, 2.05) is 19.0 Å². The molecule has 2 rings (SSSR count). The first-order valence-electron chi connectivity index (χ1n) is 7.27. The summed E-state index contributed by atoms with van der Waals surface area (Å²) in [7, 11) is 5.61. The molecule has 1 heterocycles. The van der Waals surface area contributed by atoms with Gasteiger partial charge in [0.05, 0.1) is 0 Å². The average Bonchev–Trinajstić information content (AvgIpc) is 2.42. The summed E-state index contributed by atoms with van der Waals surface area (Å²) in [6.07, 6.45) is 3.56. The van der Waals surface area contributed by atoms with Crippen LogP contribution in [0, 0.1) is 11.8 Å². The van der Waals surface area contributed by atoms with Gasteiger partial charge in [-0.1, -0.05) is 13.8 Å². The van der Waals surface area contributed by atoms with E-state index in [-0.39, 0.29) is 6.10 Å². The fraction of sp³-hybridized carbons (Fsp3) is 0.786. The quantitative estimate of drug-likeness (QED) is 0.911. The van der Waals surface area contributed by atoms with Gasteiger partial charge in [0.1, 0.15) is 6.10 Å². The van der Waals surface area contributed by atoms with Crippen molar-refractivity contribution in [3.8, 4) is 6.01 Å². The van der Waals surface area contributed by atoms with Crippen molar-refractivity contribution in [1.29, 1.82) is 0 Å². The molecule has 0 aliphatic heterocycles. The minimum Gasteiger partial charge on any atom is -0.460 e. The van der Waals surface area contributed by atoms with Crippen LogP contribution in [-0.4, -0.2) is 42.2 Å². The van der Waals surface area contributed by atoms with E-state index in [2.05, 4.69) is 34.1 Å². The number of ether oxygens (including phenoxy) is 1. The molecule has 6 heteroatoms. The minimum absolute atomic E-state index is 0.211. The Morgan fingerprint density at radius 1 is 1.10 bits per heavy atom. The zero-order chi connectivity index (χ0) is 14.7. The Morgan fingerprint density at radius 2 is 1.85 bits per heavy atom. The van der Waals surface area contributed by atoms with E-state index in [1.54, 1.807) is 7.05 Å². The van der Waals surface area contributed by atoms with E-state index >= 15 is 0 Å². The van der Waals surface area contributed by atoms with Gasteiger partial charge in [-0.2, -0.15) is 15.0 Å². The second-order valence-electron chi connectivity index (χ2n) is 5.89. The lowest BCUT2D eigenvalue weighted by atomic mass is 9.80. The topological polar surface area (TPSA) is 63.2 Å². The number of nitrogens with zero attached hydrogens (tertiary/aromatic N) is 4. The van der Waals surface area contributed by atoms with Crippen LogP contribution in [0.2, 0.25) is 0 Å². The van der Waals surface area contributed by atoms with Crippen molar-refractivity contribution in [2.45, 2.75) is 39.2 Å². The average molecular weight is 279 g/mol. The first-order valence-corrected chi connectivity index (χ1v) is 7.27. The van der Waals surface area contributed by atoms with Crippen LogP contribution in [0.25, 0.3) is 0 Å². The van der Waals surface area contributed by atoms with E-state index in [1.165, 1.54) is 6.42 Å². The highest BCUT2D eigenvalue weighted by molar-refractivity contribution is 5.36. The van der Waals surface area contributed by atoms with E-state index < -0.39 is 0 Å². The van der Waals surface area contributed by atoms with Crippen molar-refractivity contribution < 1.29 is 4.74 Å². The molecule has 1 aliphatic rings. The molecule has 0 radical (unpaired) electrons. The monoisotopic (exact) mass is 279 g/mol. The SMILES string of the molecule is CNc1nc(OC2CCC(C)C(C)C2)nc(N(C)C)n1. The molecule has 3 unspecified atom stereocenters. The predicted molar refractivity (Wildman–Crippen MR) is 80.3 cm³/mol. The molecular formula is C14H25N5O. The number of anilines is 2. The van der Waals surface area contributed by atoms with Gasteiger partial charge in [-0.05, 0) is 31.1 Å². The molecule has 1 aliphatic carbocycles. The molecule has 3 atom stereocenters. The summed E-state index contributed by atoms with van der Waals surface area (Å²) in [5.41, 5.74) is 0. The van der Waals surface area contributed by atoms with Crippen LogP contribution in [0.15, 0.2) is 0 Å². The van der Waals surface area contributed by atoms with Gasteiger partial charge in [0.25, 0.3) is 0 Å². The number of aromatic nitrogens is 3. The molecule has 0 amide bonds. The normalized spacial score (nSPS) is 26.1. The molecular weight excluding hydrogens is 254 g/mol. The predicted octanol–water partition coefficient (Wildman–Crippen LogP) is 2.18. The van der Waals surface area contributed by atoms with Crippen molar-refractivity contribution in [1.82, 2.24) is 15.0 Å². The Kier molecular flexibility index (Phi) is 4.62. The third-order valence-electron chi connectivity index (χ3n) is 4.05. The van der Waals surface area contributed by atoms with Gasteiger partial charge in [0, 0.05) is 21.1 Å². The van der Waals surface area contributed by atoms with Gasteiger partial charge in [0.15, 0.2) is 0 Å². The Morgan fingerprint density at radius 3 is 2.45 bits per heavy atom. The van der Waals surface area contributed by atoms with Gasteiger partial charge < -0.3 is 15.0 Å². The van der Waals surface area contributed by atoms with Gasteiger partial charge >= 0.3 is 6.01 Å². The largest absolute Gasteiger partial charge is 0.460 e. The smallest absolute Gasteiger partial charge is 0.323 e. The first-order chi connectivity index (χ1) is 9.49. The Labute approximate surface area is 121 Å². The van der Waals surface area contributed by atoms with Gasteiger partial charge in [-0.25, -0.2) is 0 Å².